The molecule has 0 spiro atoms. The van der Waals surface area contributed by atoms with Crippen molar-refractivity contribution in [2.75, 3.05) is 0 Å². The van der Waals surface area contributed by atoms with E-state index in [0.717, 1.165) is 28.8 Å². The van der Waals surface area contributed by atoms with E-state index in [1.807, 2.05) is 37.4 Å². The smallest absolute Gasteiger partial charge is 0.252 e. The zero-order chi connectivity index (χ0) is 14.8. The van der Waals surface area contributed by atoms with E-state index in [4.69, 9.17) is 0 Å². The number of hydrogen-bond donors (Lipinski definition) is 1. The third kappa shape index (κ3) is 2.75. The van der Waals surface area contributed by atoms with Crippen LogP contribution in [0.15, 0.2) is 30.5 Å². The van der Waals surface area contributed by atoms with Crippen molar-refractivity contribution in [1.82, 2.24) is 30.3 Å². The van der Waals surface area contributed by atoms with Gasteiger partial charge in [-0.1, -0.05) is 31.2 Å². The van der Waals surface area contributed by atoms with E-state index in [9.17, 15) is 0 Å². The van der Waals surface area contributed by atoms with Crippen LogP contribution in [0.2, 0.25) is 0 Å². The second-order valence-electron chi connectivity index (χ2n) is 5.31. The number of rotatable bonds is 4. The maximum Gasteiger partial charge on any atom is 0.252 e. The fourth-order valence-corrected chi connectivity index (χ4v) is 2.09. The fraction of sp³-hybridized carbons (Fsp3) is 0.333. The van der Waals surface area contributed by atoms with Gasteiger partial charge in [0.2, 0.25) is 0 Å². The fourth-order valence-electron chi connectivity index (χ4n) is 2.09. The summed E-state index contributed by atoms with van der Waals surface area (Å²) >= 11 is 0. The summed E-state index contributed by atoms with van der Waals surface area (Å²) < 4.78 is 1.67. The molecule has 0 saturated carbocycles. The van der Waals surface area contributed by atoms with Crippen molar-refractivity contribution in [3.8, 4) is 5.95 Å². The summed E-state index contributed by atoms with van der Waals surface area (Å²) in [6.45, 7) is 6.99. The summed E-state index contributed by atoms with van der Waals surface area (Å²) in [6, 6.07) is 8.21. The van der Waals surface area contributed by atoms with Crippen molar-refractivity contribution in [3.63, 3.8) is 0 Å². The predicted molar refractivity (Wildman–Crippen MR) is 81.2 cm³/mol. The highest BCUT2D eigenvalue weighted by Gasteiger charge is 2.10. The lowest BCUT2D eigenvalue weighted by Crippen LogP contribution is -2.22. The number of fused-ring (bicyclic) bond motifs is 1. The molecular weight excluding hydrogens is 264 g/mol. The van der Waals surface area contributed by atoms with Crippen LogP contribution in [0, 0.1) is 6.92 Å². The Balaban J connectivity index is 1.95. The Labute approximate surface area is 123 Å². The third-order valence-electron chi connectivity index (χ3n) is 3.31. The van der Waals surface area contributed by atoms with Gasteiger partial charge < -0.3 is 5.32 Å². The van der Waals surface area contributed by atoms with Gasteiger partial charge >= 0.3 is 0 Å². The molecule has 0 atom stereocenters. The maximum absolute atomic E-state index is 4.55. The van der Waals surface area contributed by atoms with E-state index < -0.39 is 0 Å². The molecule has 0 aliphatic rings. The molecule has 1 aromatic carbocycles. The molecule has 2 heterocycles. The molecule has 0 bridgehead atoms. The minimum atomic E-state index is 0.434. The van der Waals surface area contributed by atoms with Crippen LogP contribution in [0.1, 0.15) is 25.1 Å². The van der Waals surface area contributed by atoms with Crippen molar-refractivity contribution in [3.05, 3.63) is 41.7 Å². The lowest BCUT2D eigenvalue weighted by Gasteiger charge is -2.10. The van der Waals surface area contributed by atoms with Gasteiger partial charge in [0.1, 0.15) is 5.52 Å². The third-order valence-corrected chi connectivity index (χ3v) is 3.31. The topological polar surface area (TPSA) is 68.5 Å². The van der Waals surface area contributed by atoms with Gasteiger partial charge in [-0.25, -0.2) is 9.97 Å². The molecule has 6 heteroatoms. The SMILES string of the molecule is Cc1nc(-n2nnc3ccccc32)ncc1CNC(C)C. The average molecular weight is 282 g/mol. The van der Waals surface area contributed by atoms with Crippen LogP contribution in [0.4, 0.5) is 0 Å². The molecule has 0 aliphatic carbocycles. The Morgan fingerprint density at radius 3 is 2.81 bits per heavy atom. The largest absolute Gasteiger partial charge is 0.310 e. The molecule has 3 rings (SSSR count). The second-order valence-corrected chi connectivity index (χ2v) is 5.31. The highest BCUT2D eigenvalue weighted by Crippen LogP contribution is 2.14. The number of hydrogen-bond acceptors (Lipinski definition) is 5. The average Bonchev–Trinajstić information content (AvgIpc) is 2.89. The first-order valence-corrected chi connectivity index (χ1v) is 7.02. The van der Waals surface area contributed by atoms with Crippen LogP contribution in [-0.2, 0) is 6.54 Å². The molecule has 0 radical (unpaired) electrons. The minimum Gasteiger partial charge on any atom is -0.310 e. The van der Waals surface area contributed by atoms with Gasteiger partial charge in [-0.15, -0.1) is 5.10 Å². The Morgan fingerprint density at radius 1 is 1.24 bits per heavy atom. The predicted octanol–water partition coefficient (Wildman–Crippen LogP) is 2.02. The van der Waals surface area contributed by atoms with E-state index in [1.54, 1.807) is 4.68 Å². The Kier molecular flexibility index (Phi) is 3.62. The number of aryl methyl sites for hydroxylation is 1. The van der Waals surface area contributed by atoms with Crippen LogP contribution < -0.4 is 5.32 Å². The van der Waals surface area contributed by atoms with Gasteiger partial charge in [-0.2, -0.15) is 4.68 Å². The molecule has 6 nitrogen and oxygen atoms in total. The number of para-hydroxylation sites is 1. The highest BCUT2D eigenvalue weighted by atomic mass is 15.5. The van der Waals surface area contributed by atoms with E-state index in [-0.39, 0.29) is 0 Å². The van der Waals surface area contributed by atoms with Crippen molar-refractivity contribution in [2.24, 2.45) is 0 Å². The summed E-state index contributed by atoms with van der Waals surface area (Å²) in [5.41, 5.74) is 3.79. The highest BCUT2D eigenvalue weighted by molar-refractivity contribution is 5.75. The minimum absolute atomic E-state index is 0.434. The first-order chi connectivity index (χ1) is 10.1. The lowest BCUT2D eigenvalue weighted by atomic mass is 10.2. The van der Waals surface area contributed by atoms with E-state index in [1.165, 1.54) is 0 Å². The first-order valence-electron chi connectivity index (χ1n) is 7.02. The van der Waals surface area contributed by atoms with Crippen LogP contribution in [-0.4, -0.2) is 31.0 Å². The van der Waals surface area contributed by atoms with Crippen molar-refractivity contribution >= 4 is 11.0 Å². The Bertz CT molecular complexity index is 762. The van der Waals surface area contributed by atoms with Gasteiger partial charge in [-0.3, -0.25) is 0 Å². The van der Waals surface area contributed by atoms with Crippen LogP contribution in [0.5, 0.6) is 0 Å². The Hall–Kier alpha value is -2.34. The Morgan fingerprint density at radius 2 is 2.05 bits per heavy atom. The van der Waals surface area contributed by atoms with Gasteiger partial charge in [0.15, 0.2) is 0 Å². The molecule has 2 aromatic heterocycles. The molecule has 0 unspecified atom stereocenters. The van der Waals surface area contributed by atoms with Gasteiger partial charge in [0.05, 0.1) is 5.52 Å². The van der Waals surface area contributed by atoms with Crippen LogP contribution in [0.25, 0.3) is 17.0 Å². The molecule has 3 aromatic rings. The number of nitrogens with zero attached hydrogens (tertiary/aromatic N) is 5. The standard InChI is InChI=1S/C15H18N6/c1-10(2)16-8-12-9-17-15(18-11(12)3)21-14-7-5-4-6-13(14)19-20-21/h4-7,9-10,16H,8H2,1-3H3. The van der Waals surface area contributed by atoms with Gasteiger partial charge in [-0.05, 0) is 19.1 Å². The molecule has 0 amide bonds. The van der Waals surface area contributed by atoms with Gasteiger partial charge in [0, 0.05) is 30.0 Å². The maximum atomic E-state index is 4.55. The van der Waals surface area contributed by atoms with E-state index in [2.05, 4.69) is 39.4 Å². The van der Waals surface area contributed by atoms with Crippen LogP contribution in [0.3, 0.4) is 0 Å². The van der Waals surface area contributed by atoms with Crippen molar-refractivity contribution < 1.29 is 0 Å². The van der Waals surface area contributed by atoms with E-state index >= 15 is 0 Å². The van der Waals surface area contributed by atoms with Gasteiger partial charge in [0.25, 0.3) is 5.95 Å². The number of benzene rings is 1. The van der Waals surface area contributed by atoms with E-state index in [0.29, 0.717) is 12.0 Å². The molecule has 0 aliphatic heterocycles. The molecule has 108 valence electrons. The van der Waals surface area contributed by atoms with Crippen molar-refractivity contribution in [1.29, 1.82) is 0 Å². The number of aromatic nitrogens is 5. The first kappa shape index (κ1) is 13.6. The lowest BCUT2D eigenvalue weighted by molar-refractivity contribution is 0.584. The summed E-state index contributed by atoms with van der Waals surface area (Å²) in [5, 5.41) is 11.6. The molecular formula is C15H18N6. The zero-order valence-electron chi connectivity index (χ0n) is 12.4. The summed E-state index contributed by atoms with van der Waals surface area (Å²) in [4.78, 5) is 8.97. The monoisotopic (exact) mass is 282 g/mol. The molecule has 21 heavy (non-hydrogen) atoms. The van der Waals surface area contributed by atoms with Crippen molar-refractivity contribution in [2.45, 2.75) is 33.4 Å². The quantitative estimate of drug-likeness (QED) is 0.793. The second kappa shape index (κ2) is 5.57. The molecule has 0 saturated heterocycles. The summed E-state index contributed by atoms with van der Waals surface area (Å²) in [6.07, 6.45) is 1.85. The molecule has 1 N–H and O–H groups in total. The normalized spacial score (nSPS) is 11.4. The summed E-state index contributed by atoms with van der Waals surface area (Å²) in [5.74, 6) is 0.550. The van der Waals surface area contributed by atoms with Crippen LogP contribution >= 0.6 is 0 Å². The zero-order valence-corrected chi connectivity index (χ0v) is 12.4. The number of nitrogens with one attached hydrogen (secondary N) is 1. The summed E-state index contributed by atoms with van der Waals surface area (Å²) in [7, 11) is 0. The molecule has 0 fully saturated rings.